The number of hydrogen-bond acceptors (Lipinski definition) is 9. The number of alkyl carbamates (subject to hydrolysis) is 3. The van der Waals surface area contributed by atoms with Gasteiger partial charge in [-0.05, 0) is 93.3 Å². The molecule has 6 bridgehead atoms. The molecule has 14 atom stereocenters. The first-order chi connectivity index (χ1) is 20.8. The summed E-state index contributed by atoms with van der Waals surface area (Å²) in [5.41, 5.74) is 0. The highest BCUT2D eigenvalue weighted by molar-refractivity contribution is 5.69. The Labute approximate surface area is 252 Å². The number of fused-ring (bicyclic) bond motifs is 6. The summed E-state index contributed by atoms with van der Waals surface area (Å²) in [6.45, 7) is -0.286. The Morgan fingerprint density at radius 2 is 1.14 bits per heavy atom. The van der Waals surface area contributed by atoms with E-state index in [0.717, 1.165) is 57.8 Å². The van der Waals surface area contributed by atoms with Crippen molar-refractivity contribution in [2.75, 3.05) is 13.7 Å². The number of nitrogens with one attached hydrogen (secondary N) is 3. The first-order valence-electron chi connectivity index (χ1n) is 16.6. The van der Waals surface area contributed by atoms with Crippen molar-refractivity contribution in [2.24, 2.45) is 35.5 Å². The molecule has 9 unspecified atom stereocenters. The van der Waals surface area contributed by atoms with Crippen molar-refractivity contribution in [3.63, 3.8) is 0 Å². The number of amides is 3. The van der Waals surface area contributed by atoms with Crippen LogP contribution in [0.3, 0.4) is 0 Å². The molecule has 0 spiro atoms. The van der Waals surface area contributed by atoms with Crippen LogP contribution in [-0.4, -0.2) is 85.9 Å². The summed E-state index contributed by atoms with van der Waals surface area (Å²) in [5, 5.41) is 20.3. The average Bonchev–Trinajstić information content (AvgIpc) is 3.84. The third-order valence-corrected chi connectivity index (χ3v) is 11.8. The van der Waals surface area contributed by atoms with E-state index in [1.165, 1.54) is 26.4 Å². The molecule has 12 heteroatoms. The lowest BCUT2D eigenvalue weighted by molar-refractivity contribution is -0.292. The molecule has 7 fully saturated rings. The molecule has 1 aliphatic heterocycles. The average molecular weight is 606 g/mol. The van der Waals surface area contributed by atoms with E-state index in [4.69, 9.17) is 23.7 Å². The van der Waals surface area contributed by atoms with Gasteiger partial charge >= 0.3 is 18.3 Å². The zero-order chi connectivity index (χ0) is 29.7. The molecule has 0 aromatic rings. The molecule has 1 heterocycles. The van der Waals surface area contributed by atoms with Crippen molar-refractivity contribution in [1.29, 1.82) is 0 Å². The van der Waals surface area contributed by atoms with Crippen LogP contribution in [0.4, 0.5) is 14.4 Å². The van der Waals surface area contributed by atoms with Gasteiger partial charge < -0.3 is 44.7 Å². The van der Waals surface area contributed by atoms with Crippen molar-refractivity contribution in [3.05, 3.63) is 0 Å². The summed E-state index contributed by atoms with van der Waals surface area (Å²) in [7, 11) is 1.39. The monoisotopic (exact) mass is 605 g/mol. The maximum atomic E-state index is 13.1. The van der Waals surface area contributed by atoms with Crippen molar-refractivity contribution in [1.82, 2.24) is 16.0 Å². The molecule has 240 valence electrons. The summed E-state index contributed by atoms with van der Waals surface area (Å²) >= 11 is 0. The third-order valence-electron chi connectivity index (χ3n) is 11.8. The molecule has 0 radical (unpaired) electrons. The summed E-state index contributed by atoms with van der Waals surface area (Å²) in [4.78, 5) is 38.8. The summed E-state index contributed by atoms with van der Waals surface area (Å²) in [6.07, 6.45) is 4.96. The predicted molar refractivity (Wildman–Crippen MR) is 151 cm³/mol. The minimum absolute atomic E-state index is 0.0237. The van der Waals surface area contributed by atoms with Gasteiger partial charge in [0.25, 0.3) is 0 Å². The lowest BCUT2D eigenvalue weighted by Crippen LogP contribution is -2.63. The molecule has 12 nitrogen and oxygen atoms in total. The Bertz CT molecular complexity index is 1060. The van der Waals surface area contributed by atoms with E-state index >= 15 is 0 Å². The largest absolute Gasteiger partial charge is 0.447 e. The number of rotatable bonds is 8. The van der Waals surface area contributed by atoms with Gasteiger partial charge in [0.05, 0.1) is 0 Å². The van der Waals surface area contributed by atoms with Gasteiger partial charge in [-0.15, -0.1) is 0 Å². The van der Waals surface area contributed by atoms with Crippen LogP contribution < -0.4 is 16.0 Å². The molecule has 3 amide bonds. The highest BCUT2D eigenvalue weighted by Crippen LogP contribution is 2.46. The first-order valence-corrected chi connectivity index (χ1v) is 16.6. The highest BCUT2D eigenvalue weighted by atomic mass is 16.7. The lowest BCUT2D eigenvalue weighted by atomic mass is 9.95. The molecule has 43 heavy (non-hydrogen) atoms. The van der Waals surface area contributed by atoms with Crippen LogP contribution in [0.2, 0.25) is 0 Å². The molecule has 7 aliphatic rings. The fourth-order valence-electron chi connectivity index (χ4n) is 9.71. The number of ether oxygens (including phenoxy) is 5. The van der Waals surface area contributed by atoms with E-state index in [-0.39, 0.29) is 24.7 Å². The first kappa shape index (κ1) is 29.4. The Morgan fingerprint density at radius 1 is 0.674 bits per heavy atom. The summed E-state index contributed by atoms with van der Waals surface area (Å²) in [5.74, 6) is 3.28. The SMILES string of the molecule is CO[C@H]1O[C@H](COC(=O)NC2CC3CCC2C3)[C@@H](O)[C@@H](OC(=O)NC2CC3CCC2C3)[C@H]1OC(=O)NC1CC2CCC1C2. The third kappa shape index (κ3) is 6.16. The fourth-order valence-corrected chi connectivity index (χ4v) is 9.71. The van der Waals surface area contributed by atoms with Gasteiger partial charge in [0.15, 0.2) is 18.5 Å². The molecule has 0 aromatic heterocycles. The van der Waals surface area contributed by atoms with Crippen molar-refractivity contribution >= 4 is 18.3 Å². The van der Waals surface area contributed by atoms with E-state index in [2.05, 4.69) is 16.0 Å². The number of methoxy groups -OCH3 is 1. The van der Waals surface area contributed by atoms with Gasteiger partial charge in [-0.25, -0.2) is 14.4 Å². The molecular weight excluding hydrogens is 558 g/mol. The van der Waals surface area contributed by atoms with E-state index in [0.29, 0.717) is 35.5 Å². The zero-order valence-electron chi connectivity index (χ0n) is 25.0. The van der Waals surface area contributed by atoms with E-state index in [1.54, 1.807) is 0 Å². The highest BCUT2D eigenvalue weighted by Gasteiger charge is 2.52. The number of hydrogen-bond donors (Lipinski definition) is 4. The smallest absolute Gasteiger partial charge is 0.407 e. The lowest BCUT2D eigenvalue weighted by Gasteiger charge is -2.42. The Hall–Kier alpha value is -2.31. The van der Waals surface area contributed by atoms with Gasteiger partial charge in [-0.1, -0.05) is 19.3 Å². The minimum atomic E-state index is -1.44. The number of carbonyl (C=O) groups excluding carboxylic acids is 3. The Kier molecular flexibility index (Phi) is 8.37. The van der Waals surface area contributed by atoms with Crippen LogP contribution in [0, 0.1) is 35.5 Å². The molecule has 7 rings (SSSR count). The van der Waals surface area contributed by atoms with Crippen molar-refractivity contribution in [3.8, 4) is 0 Å². The Morgan fingerprint density at radius 3 is 1.56 bits per heavy atom. The van der Waals surface area contributed by atoms with Crippen LogP contribution in [0.1, 0.15) is 77.0 Å². The fraction of sp³-hybridized carbons (Fsp3) is 0.903. The van der Waals surface area contributed by atoms with Crippen molar-refractivity contribution < 1.29 is 43.2 Å². The Balaban J connectivity index is 0.995. The van der Waals surface area contributed by atoms with Crippen LogP contribution >= 0.6 is 0 Å². The zero-order valence-corrected chi connectivity index (χ0v) is 25.0. The standard InChI is InChI=1S/C31H47N3O9/c1-39-28-27(43-31(38)34-23-13-17-4-7-20(23)10-17)26(42-30(37)33-22-12-16-3-6-19(22)9-16)25(35)24(41-28)14-40-29(36)32-21-11-15-2-5-18(21)8-15/h15-28,35H,2-14H2,1H3,(H,32,36)(H,33,37)(H,34,38)/t15?,16?,17?,18?,19?,20?,21?,22?,23?,24-,25-,26-,27-,28+/m1/s1. The summed E-state index contributed by atoms with van der Waals surface area (Å²) < 4.78 is 28.5. The van der Waals surface area contributed by atoms with E-state index < -0.39 is 49.0 Å². The van der Waals surface area contributed by atoms with Gasteiger partial charge in [0, 0.05) is 25.2 Å². The topological polar surface area (TPSA) is 154 Å². The second-order valence-electron chi connectivity index (χ2n) is 14.4. The van der Waals surface area contributed by atoms with Gasteiger partial charge in [0.2, 0.25) is 0 Å². The summed E-state index contributed by atoms with van der Waals surface area (Å²) in [6, 6.07) is 0.166. The van der Waals surface area contributed by atoms with Gasteiger partial charge in [-0.2, -0.15) is 0 Å². The molecule has 6 saturated carbocycles. The molecule has 1 saturated heterocycles. The number of aliphatic hydroxyl groups excluding tert-OH is 1. The minimum Gasteiger partial charge on any atom is -0.447 e. The van der Waals surface area contributed by atoms with Gasteiger partial charge in [0.1, 0.15) is 18.8 Å². The molecule has 4 N–H and O–H groups in total. The molecule has 6 aliphatic carbocycles. The van der Waals surface area contributed by atoms with E-state index in [9.17, 15) is 19.5 Å². The normalized spacial score (nSPS) is 45.6. The van der Waals surface area contributed by atoms with Crippen LogP contribution in [0.5, 0.6) is 0 Å². The van der Waals surface area contributed by atoms with E-state index in [1.807, 2.05) is 0 Å². The van der Waals surface area contributed by atoms with Crippen LogP contribution in [0.25, 0.3) is 0 Å². The maximum absolute atomic E-state index is 13.1. The van der Waals surface area contributed by atoms with Gasteiger partial charge in [-0.3, -0.25) is 0 Å². The quantitative estimate of drug-likeness (QED) is 0.306. The second kappa shape index (κ2) is 12.2. The predicted octanol–water partition coefficient (Wildman–Crippen LogP) is 3.20. The number of aliphatic hydroxyl groups is 1. The van der Waals surface area contributed by atoms with Crippen LogP contribution in [-0.2, 0) is 23.7 Å². The second-order valence-corrected chi connectivity index (χ2v) is 14.4. The van der Waals surface area contributed by atoms with Crippen molar-refractivity contribution in [2.45, 2.75) is 126 Å². The number of carbonyl (C=O) groups is 3. The van der Waals surface area contributed by atoms with Crippen LogP contribution in [0.15, 0.2) is 0 Å². The maximum Gasteiger partial charge on any atom is 0.407 e. The molecule has 0 aromatic carbocycles. The molecular formula is C31H47N3O9.